The monoisotopic (exact) mass is 1960 g/mol. The molecule has 0 aromatic carbocycles. The lowest BCUT2D eigenvalue weighted by Crippen LogP contribution is -2.63. The van der Waals surface area contributed by atoms with E-state index in [2.05, 4.69) is 16.0 Å². The third kappa shape index (κ3) is 41.1. The molecule has 4 bridgehead atoms. The van der Waals surface area contributed by atoms with Crippen LogP contribution >= 0.6 is 0 Å². The summed E-state index contributed by atoms with van der Waals surface area (Å²) >= 11 is 0. The SMILES string of the molecule is COC(=O)[C@H]1[C@@H]2C[C@@H](O[C@@H]3O[C@H](C)[C@@H](O)[C@H](NCCCNC(=O)CNC(=O)[C@H]4[C@@H]5C[C@@H](O[C@@H]6O[C@H](C)[C@@H](O)[C@H](N)[C@@H]6O)/C=C/C=C\C=C/C=C\C=C/C=C\C=C/[C@H](C)[C@@H](O)[C@@H](C)[C@H](C)OC(=O)C[C@H](O)C[C@H](O)CC[C@@H](O)[C@H](O)C[C@H](O)C[C@](O)(C[C@@H]4O)O5)[C@@H]3O)/C=C/C=C\C=C/C=C\C=C/C=C\C=C/[C@H](C)[C@@H](O)[C@@H](C)[C@H](C)OC(=O)C[C@H](O)C[C@H](O)CC[C@@H](O)[C@H](O)C[C@H](O)C[C@](O)(C[C@@H]1O)O2. The van der Waals surface area contributed by atoms with Gasteiger partial charge in [-0.3, -0.25) is 24.0 Å². The van der Waals surface area contributed by atoms with Crippen LogP contribution in [0.3, 0.4) is 0 Å². The van der Waals surface area contributed by atoms with Crippen LogP contribution < -0.4 is 21.7 Å². The number of aliphatic hydroxyl groups is 20. The highest BCUT2D eigenvalue weighted by molar-refractivity contribution is 5.86. The van der Waals surface area contributed by atoms with Crippen molar-refractivity contribution in [2.45, 2.75) is 359 Å². The first-order valence-corrected chi connectivity index (χ1v) is 47.9. The number of ether oxygens (including phenoxy) is 9. The van der Waals surface area contributed by atoms with Gasteiger partial charge in [-0.25, -0.2) is 0 Å². The second-order valence-electron chi connectivity index (χ2n) is 37.3. The van der Waals surface area contributed by atoms with E-state index in [0.29, 0.717) is 0 Å². The smallest absolute Gasteiger partial charge is 0.313 e. The van der Waals surface area contributed by atoms with E-state index in [9.17, 15) is 126 Å². The molecule has 38 atom stereocenters. The lowest BCUT2D eigenvalue weighted by atomic mass is 9.82. The number of carbonyl (C=O) groups is 5. The highest BCUT2D eigenvalue weighted by atomic mass is 16.7. The third-order valence-electron chi connectivity index (χ3n) is 25.7. The summed E-state index contributed by atoms with van der Waals surface area (Å²) in [5, 5.41) is 234. The van der Waals surface area contributed by atoms with Gasteiger partial charge in [0.1, 0.15) is 30.3 Å². The number of methoxy groups -OCH3 is 1. The number of amides is 2. The standard InChI is InChI=1S/C100H156N4O34/c1-58-35-30-26-22-18-14-10-12-16-20-24-28-32-37-72(135-97-93(124)87(101)91(122)64(7)133-97)51-80-85(78(115)55-99(128,137-80)53-70(109)47-76(113)74(111)41-39-66(105)45-68(107)49-83(118)131-62(5)60(3)89(58)120)95(126)104-57-82(117)102-43-34-44-103-88-92(123)65(8)134-98(94(88)125)136-73-38-33-29-25-21-17-13-11-15-19-23-27-31-36-59(2)90(121)61(4)63(6)132-84(119)50-69(108)46-67(106)40-42-75(112)77(114)48-71(110)54-100(129)56-79(116)86(96(127)130-9)81(52-73)138-100/h10-33,35-38,58-81,85-94,97-98,103,105-116,120-125,128-129H,34,39-57,101H2,1-9H3,(H,102,117)(H,104,126)/b12-10-,13-11-,18-14-,19-15-,20-16-,21-17-,26-22-,27-23-,28-24-,29-25-,35-30-,36-31-,37-32+,38-33+/t58-,59-,60-,61-,62-,63-,64+,65+,66+,67+,68+,69+,70-,71-,72-,73-,74+,75+,76+,77+,78-,79-,80-,81-,85+,86+,87-,88-,89+,90+,91+,92+,93-,94-,97-,98-,99+,100+/m0/s1. The van der Waals surface area contributed by atoms with Gasteiger partial charge in [0, 0.05) is 81.6 Å². The molecule has 2 amide bonds. The van der Waals surface area contributed by atoms with E-state index in [1.807, 2.05) is 0 Å². The van der Waals surface area contributed by atoms with Crippen molar-refractivity contribution in [1.82, 2.24) is 16.0 Å². The Morgan fingerprint density at radius 2 is 0.761 bits per heavy atom. The van der Waals surface area contributed by atoms with Crippen LogP contribution in [0.2, 0.25) is 0 Å². The van der Waals surface area contributed by atoms with Crippen LogP contribution in [0.4, 0.5) is 0 Å². The molecule has 138 heavy (non-hydrogen) atoms. The molecule has 0 aliphatic carbocycles. The fourth-order valence-electron chi connectivity index (χ4n) is 17.2. The fraction of sp³-hybridized carbons (Fsp3) is 0.670. The van der Waals surface area contributed by atoms with Gasteiger partial charge in [0.2, 0.25) is 11.8 Å². The maximum atomic E-state index is 14.6. The highest BCUT2D eigenvalue weighted by Gasteiger charge is 2.54. The minimum Gasteiger partial charge on any atom is -0.469 e. The zero-order chi connectivity index (χ0) is 102. The first kappa shape index (κ1) is 119. The van der Waals surface area contributed by atoms with Gasteiger partial charge >= 0.3 is 17.9 Å². The number of hydrogen-bond acceptors (Lipinski definition) is 36. The van der Waals surface area contributed by atoms with Crippen molar-refractivity contribution in [3.63, 3.8) is 0 Å². The first-order chi connectivity index (χ1) is 65.3. The second-order valence-corrected chi connectivity index (χ2v) is 37.3. The molecule has 0 saturated carbocycles. The summed E-state index contributed by atoms with van der Waals surface area (Å²) < 4.78 is 53.4. The molecule has 0 unspecified atom stereocenters. The fourth-order valence-corrected chi connectivity index (χ4v) is 17.2. The molecule has 6 heterocycles. The Morgan fingerprint density at radius 3 is 1.17 bits per heavy atom. The van der Waals surface area contributed by atoms with Crippen LogP contribution in [-0.4, -0.2) is 354 Å². The van der Waals surface area contributed by atoms with Crippen LogP contribution in [0.5, 0.6) is 0 Å². The molecule has 4 fully saturated rings. The van der Waals surface area contributed by atoms with E-state index in [1.54, 1.807) is 200 Å². The molecular weight excluding hydrogens is 1800 g/mol. The summed E-state index contributed by atoms with van der Waals surface area (Å²) in [4.78, 5) is 67.7. The predicted octanol–water partition coefficient (Wildman–Crippen LogP) is 0.694. The Hall–Kier alpha value is -7.41. The number of hydrogen-bond donors (Lipinski definition) is 24. The Balaban J connectivity index is 1.18. The van der Waals surface area contributed by atoms with Gasteiger partial charge in [-0.15, -0.1) is 0 Å². The lowest BCUT2D eigenvalue weighted by molar-refractivity contribution is -0.309. The number of esters is 3. The Morgan fingerprint density at radius 1 is 0.391 bits per heavy atom. The Kier molecular flexibility index (Phi) is 52.6. The number of rotatable bonds is 13. The molecule has 0 radical (unpaired) electrons. The van der Waals surface area contributed by atoms with E-state index in [0.717, 1.165) is 7.11 Å². The lowest BCUT2D eigenvalue weighted by Gasteiger charge is -2.46. The largest absolute Gasteiger partial charge is 0.469 e. The molecule has 4 saturated heterocycles. The average Bonchev–Trinajstić information content (AvgIpc) is 0.781. The maximum Gasteiger partial charge on any atom is 0.313 e. The highest BCUT2D eigenvalue weighted by Crippen LogP contribution is 2.42. The predicted molar refractivity (Wildman–Crippen MR) is 505 cm³/mol. The normalized spacial score (nSPS) is 43.6. The van der Waals surface area contributed by atoms with E-state index >= 15 is 0 Å². The number of nitrogens with two attached hydrogens (primary N) is 1. The average molecular weight is 1960 g/mol. The summed E-state index contributed by atoms with van der Waals surface area (Å²) in [5.74, 6) is -14.0. The summed E-state index contributed by atoms with van der Waals surface area (Å²) in [6.07, 6.45) is 1.94. The second kappa shape index (κ2) is 60.9. The van der Waals surface area contributed by atoms with Gasteiger partial charge in [0.15, 0.2) is 24.2 Å². The van der Waals surface area contributed by atoms with Crippen molar-refractivity contribution in [2.24, 2.45) is 41.2 Å². The minimum atomic E-state index is -2.50. The van der Waals surface area contributed by atoms with Crippen LogP contribution in [-0.2, 0) is 66.6 Å². The van der Waals surface area contributed by atoms with Crippen LogP contribution in [0.1, 0.15) is 165 Å². The van der Waals surface area contributed by atoms with Gasteiger partial charge in [-0.05, 0) is 79.2 Å². The van der Waals surface area contributed by atoms with Crippen molar-refractivity contribution in [1.29, 1.82) is 0 Å². The van der Waals surface area contributed by atoms with Crippen LogP contribution in [0, 0.1) is 35.5 Å². The van der Waals surface area contributed by atoms with Crippen LogP contribution in [0.15, 0.2) is 170 Å². The van der Waals surface area contributed by atoms with E-state index in [-0.39, 0.29) is 69.9 Å². The molecule has 6 aliphatic rings. The van der Waals surface area contributed by atoms with E-state index in [1.165, 1.54) is 26.0 Å². The van der Waals surface area contributed by atoms with Gasteiger partial charge < -0.3 is 166 Å². The molecule has 6 aliphatic heterocycles. The number of fused-ring (bicyclic) bond motifs is 4. The zero-order valence-electron chi connectivity index (χ0n) is 80.3. The Labute approximate surface area is 808 Å². The molecular formula is C100H156N4O34. The topological polar surface area (TPSA) is 635 Å². The van der Waals surface area contributed by atoms with Gasteiger partial charge in [0.25, 0.3) is 0 Å². The number of nitrogens with one attached hydrogen (secondary N) is 3. The molecule has 38 heteroatoms. The molecule has 25 N–H and O–H groups in total. The number of aliphatic hydroxyl groups excluding tert-OH is 18. The van der Waals surface area contributed by atoms with Crippen molar-refractivity contribution < 1.29 is 169 Å². The van der Waals surface area contributed by atoms with Crippen molar-refractivity contribution in [2.75, 3.05) is 26.7 Å². The summed E-state index contributed by atoms with van der Waals surface area (Å²) in [6, 6.07) is -2.47. The van der Waals surface area contributed by atoms with Gasteiger partial charge in [-0.1, -0.05) is 198 Å². The van der Waals surface area contributed by atoms with Crippen LogP contribution in [0.25, 0.3) is 0 Å². The van der Waals surface area contributed by atoms with E-state index in [4.69, 9.17) is 48.4 Å². The van der Waals surface area contributed by atoms with Gasteiger partial charge in [-0.2, -0.15) is 0 Å². The summed E-state index contributed by atoms with van der Waals surface area (Å²) in [7, 11) is 1.07. The van der Waals surface area contributed by atoms with Crippen molar-refractivity contribution >= 4 is 29.7 Å². The molecule has 0 aromatic rings. The first-order valence-electron chi connectivity index (χ1n) is 47.9. The molecule has 6 rings (SSSR count). The van der Waals surface area contributed by atoms with Crippen molar-refractivity contribution in [3.8, 4) is 0 Å². The molecule has 0 spiro atoms. The van der Waals surface area contributed by atoms with Crippen molar-refractivity contribution in [3.05, 3.63) is 170 Å². The third-order valence-corrected chi connectivity index (χ3v) is 25.7. The number of carbonyl (C=O) groups excluding carboxylic acids is 5. The van der Waals surface area contributed by atoms with E-state index < -0.39 is 319 Å². The number of cyclic esters (lactones) is 2. The summed E-state index contributed by atoms with van der Waals surface area (Å²) in [5.41, 5.74) is 6.22. The summed E-state index contributed by atoms with van der Waals surface area (Å²) in [6.45, 7) is 12.5. The molecule has 0 aromatic heterocycles. The Bertz CT molecular complexity index is 4080. The van der Waals surface area contributed by atoms with Gasteiger partial charge in [0.05, 0.1) is 179 Å². The molecule has 38 nitrogen and oxygen atoms in total. The maximum absolute atomic E-state index is 14.6. The molecule has 780 valence electrons. The number of allylic oxidation sites excluding steroid dienone is 24. The quantitative estimate of drug-likeness (QED) is 0.0685. The zero-order valence-corrected chi connectivity index (χ0v) is 80.3. The minimum absolute atomic E-state index is 0.00101.